The monoisotopic (exact) mass is 414 g/mol. The zero-order chi connectivity index (χ0) is 20.4. The minimum Gasteiger partial charge on any atom is -0.501 e. The van der Waals surface area contributed by atoms with Gasteiger partial charge < -0.3 is 14.8 Å². The van der Waals surface area contributed by atoms with Crippen molar-refractivity contribution in [1.29, 1.82) is 0 Å². The van der Waals surface area contributed by atoms with E-state index in [9.17, 15) is 9.90 Å². The molecule has 1 atom stereocenters. The van der Waals surface area contributed by atoms with Crippen LogP contribution in [0.3, 0.4) is 0 Å². The molecule has 1 fully saturated rings. The molecule has 0 saturated carbocycles. The number of carbonyl (C=O) groups is 1. The minimum absolute atomic E-state index is 0.376. The molecule has 2 aromatic rings. The predicted molar refractivity (Wildman–Crippen MR) is 114 cm³/mol. The molecular weight excluding hydrogens is 388 g/mol. The van der Waals surface area contributed by atoms with Gasteiger partial charge in [-0.25, -0.2) is 0 Å². The highest BCUT2D eigenvalue weighted by Crippen LogP contribution is 2.29. The van der Waals surface area contributed by atoms with Crippen LogP contribution in [-0.4, -0.2) is 40.2 Å². The van der Waals surface area contributed by atoms with Gasteiger partial charge in [-0.05, 0) is 67.5 Å². The summed E-state index contributed by atoms with van der Waals surface area (Å²) in [5.41, 5.74) is 7.20. The summed E-state index contributed by atoms with van der Waals surface area (Å²) in [7, 11) is 0. The highest BCUT2D eigenvalue weighted by molar-refractivity contribution is 6.31. The second-order valence-corrected chi connectivity index (χ2v) is 8.37. The van der Waals surface area contributed by atoms with Crippen LogP contribution in [0.4, 0.5) is 0 Å². The van der Waals surface area contributed by atoms with Gasteiger partial charge in [0.25, 0.3) is 0 Å². The van der Waals surface area contributed by atoms with E-state index >= 15 is 0 Å². The van der Waals surface area contributed by atoms with Gasteiger partial charge in [0.1, 0.15) is 6.04 Å². The van der Waals surface area contributed by atoms with Gasteiger partial charge in [0, 0.05) is 35.4 Å². The first-order chi connectivity index (χ1) is 14.0. The Hall–Kier alpha value is -2.24. The third-order valence-electron chi connectivity index (χ3n) is 6.10. The molecule has 0 amide bonds. The summed E-state index contributed by atoms with van der Waals surface area (Å²) in [6.45, 7) is 4.38. The predicted octanol–water partition coefficient (Wildman–Crippen LogP) is 4.57. The Labute approximate surface area is 176 Å². The maximum Gasteiger partial charge on any atom is 0.320 e. The first-order valence-corrected chi connectivity index (χ1v) is 10.6. The number of nitrogens with one attached hydrogen (secondary N) is 1. The number of nitrogens with zero attached hydrogens (tertiary/aromatic N) is 1. The summed E-state index contributed by atoms with van der Waals surface area (Å²) in [4.78, 5) is 16.8. The van der Waals surface area contributed by atoms with E-state index in [1.165, 1.54) is 22.4 Å². The smallest absolute Gasteiger partial charge is 0.320 e. The maximum absolute atomic E-state index is 11.4. The number of benzene rings is 1. The average molecular weight is 415 g/mol. The van der Waals surface area contributed by atoms with Gasteiger partial charge in [0.2, 0.25) is 0 Å². The number of rotatable bonds is 7. The van der Waals surface area contributed by atoms with Crippen LogP contribution in [0.5, 0.6) is 0 Å². The Morgan fingerprint density at radius 1 is 1.38 bits per heavy atom. The number of carboxylic acids is 1. The molecule has 0 radical (unpaired) electrons. The summed E-state index contributed by atoms with van der Waals surface area (Å²) in [6, 6.07) is 5.77. The first kappa shape index (κ1) is 20.0. The molecule has 0 spiro atoms. The lowest BCUT2D eigenvalue weighted by Gasteiger charge is -2.21. The Morgan fingerprint density at radius 2 is 2.24 bits per heavy atom. The van der Waals surface area contributed by atoms with E-state index in [2.05, 4.69) is 30.2 Å². The molecule has 1 aromatic heterocycles. The van der Waals surface area contributed by atoms with Crippen molar-refractivity contribution in [3.63, 3.8) is 0 Å². The molecule has 3 heterocycles. The number of hydrogen-bond donors (Lipinski definition) is 2. The van der Waals surface area contributed by atoms with Gasteiger partial charge in [-0.2, -0.15) is 0 Å². The number of aliphatic carboxylic acids is 1. The summed E-state index contributed by atoms with van der Waals surface area (Å²) in [5.74, 6) is -0.731. The summed E-state index contributed by atoms with van der Waals surface area (Å²) in [5, 5.41) is 10.1. The van der Waals surface area contributed by atoms with Gasteiger partial charge in [-0.3, -0.25) is 9.69 Å². The van der Waals surface area contributed by atoms with Crippen molar-refractivity contribution in [2.45, 2.75) is 51.6 Å². The standard InChI is InChI=1S/C23H27ClN2O3/c1-15-19(18-8-10-29-14-18)12-25-21(15)7-6-17-5-4-16(11-20(17)24)13-26-9-2-3-22(26)23(27)28/h4-5,11-12,14,22,25H,2-3,6-10,13H2,1H3,(H,27,28)/t22-/m1/s1. The highest BCUT2D eigenvalue weighted by atomic mass is 35.5. The molecule has 6 heteroatoms. The van der Waals surface area contributed by atoms with Crippen molar-refractivity contribution in [2.24, 2.45) is 0 Å². The fourth-order valence-electron chi connectivity index (χ4n) is 4.40. The molecule has 2 aliphatic heterocycles. The summed E-state index contributed by atoms with van der Waals surface area (Å²) in [6.07, 6.45) is 8.31. The Balaban J connectivity index is 1.39. The van der Waals surface area contributed by atoms with Crippen LogP contribution in [0.1, 0.15) is 47.2 Å². The largest absolute Gasteiger partial charge is 0.501 e. The van der Waals surface area contributed by atoms with E-state index in [1.807, 2.05) is 17.2 Å². The van der Waals surface area contributed by atoms with Crippen LogP contribution in [0.2, 0.25) is 5.02 Å². The third-order valence-corrected chi connectivity index (χ3v) is 6.46. The number of hydrogen-bond acceptors (Lipinski definition) is 3. The van der Waals surface area contributed by atoms with Crippen LogP contribution < -0.4 is 0 Å². The molecule has 154 valence electrons. The van der Waals surface area contributed by atoms with Crippen molar-refractivity contribution in [3.8, 4) is 0 Å². The van der Waals surface area contributed by atoms with Gasteiger partial charge in [0.05, 0.1) is 12.9 Å². The Kier molecular flexibility index (Phi) is 5.97. The molecule has 29 heavy (non-hydrogen) atoms. The van der Waals surface area contributed by atoms with Crippen LogP contribution >= 0.6 is 11.6 Å². The molecule has 1 saturated heterocycles. The van der Waals surface area contributed by atoms with Crippen molar-refractivity contribution < 1.29 is 14.6 Å². The molecule has 0 unspecified atom stereocenters. The zero-order valence-electron chi connectivity index (χ0n) is 16.7. The first-order valence-electron chi connectivity index (χ1n) is 10.2. The average Bonchev–Trinajstić information content (AvgIpc) is 3.42. The number of carboxylic acid groups (broad SMARTS) is 1. The zero-order valence-corrected chi connectivity index (χ0v) is 17.5. The normalized spacial score (nSPS) is 19.4. The van der Waals surface area contributed by atoms with Gasteiger partial charge >= 0.3 is 5.97 Å². The molecule has 1 aromatic carbocycles. The van der Waals surface area contributed by atoms with E-state index in [4.69, 9.17) is 16.3 Å². The van der Waals surface area contributed by atoms with Crippen molar-refractivity contribution in [3.05, 3.63) is 63.6 Å². The van der Waals surface area contributed by atoms with E-state index in [0.29, 0.717) is 6.54 Å². The van der Waals surface area contributed by atoms with E-state index in [-0.39, 0.29) is 6.04 Å². The van der Waals surface area contributed by atoms with E-state index in [0.717, 1.165) is 61.4 Å². The number of halogens is 1. The molecule has 2 N–H and O–H groups in total. The van der Waals surface area contributed by atoms with Crippen molar-refractivity contribution in [2.75, 3.05) is 13.2 Å². The van der Waals surface area contributed by atoms with Crippen molar-refractivity contribution >= 4 is 23.1 Å². The molecule has 5 nitrogen and oxygen atoms in total. The number of aryl methyl sites for hydroxylation is 2. The molecule has 2 aliphatic rings. The van der Waals surface area contributed by atoms with Gasteiger partial charge in [-0.1, -0.05) is 23.7 Å². The minimum atomic E-state index is -0.731. The Bertz CT molecular complexity index is 934. The highest BCUT2D eigenvalue weighted by Gasteiger charge is 2.30. The lowest BCUT2D eigenvalue weighted by atomic mass is 10.0. The van der Waals surface area contributed by atoms with Gasteiger partial charge in [-0.15, -0.1) is 0 Å². The van der Waals surface area contributed by atoms with Crippen LogP contribution in [0.15, 0.2) is 30.7 Å². The van der Waals surface area contributed by atoms with E-state index in [1.54, 1.807) is 0 Å². The SMILES string of the molecule is Cc1c(C2=COCC2)c[nH]c1CCc1ccc(CN2CCC[C@@H]2C(=O)O)cc1Cl. The molecule has 0 aliphatic carbocycles. The summed E-state index contributed by atoms with van der Waals surface area (Å²) >= 11 is 6.56. The molecule has 0 bridgehead atoms. The van der Waals surface area contributed by atoms with Crippen LogP contribution in [-0.2, 0) is 28.9 Å². The second kappa shape index (κ2) is 8.64. The van der Waals surface area contributed by atoms with Gasteiger partial charge in [0.15, 0.2) is 0 Å². The number of aromatic nitrogens is 1. The fraction of sp³-hybridized carbons (Fsp3) is 0.435. The van der Waals surface area contributed by atoms with Crippen LogP contribution in [0.25, 0.3) is 5.57 Å². The third kappa shape index (κ3) is 4.36. The second-order valence-electron chi connectivity index (χ2n) is 7.96. The fourth-order valence-corrected chi connectivity index (χ4v) is 4.70. The number of likely N-dealkylation sites (tertiary alicyclic amines) is 1. The lowest BCUT2D eigenvalue weighted by Crippen LogP contribution is -2.35. The Morgan fingerprint density at radius 3 is 2.97 bits per heavy atom. The van der Waals surface area contributed by atoms with E-state index < -0.39 is 5.97 Å². The maximum atomic E-state index is 11.4. The van der Waals surface area contributed by atoms with Crippen LogP contribution in [0, 0.1) is 6.92 Å². The molecular formula is C23H27ClN2O3. The number of H-pyrrole nitrogens is 1. The topological polar surface area (TPSA) is 65.6 Å². The lowest BCUT2D eigenvalue weighted by molar-refractivity contribution is -0.142. The number of ether oxygens (including phenoxy) is 1. The molecule has 4 rings (SSSR count). The van der Waals surface area contributed by atoms with Crippen molar-refractivity contribution in [1.82, 2.24) is 9.88 Å². The quantitative estimate of drug-likeness (QED) is 0.696. The summed E-state index contributed by atoms with van der Waals surface area (Å²) < 4.78 is 5.37. The number of aromatic amines is 1.